The van der Waals surface area contributed by atoms with Crippen molar-refractivity contribution < 1.29 is 37.6 Å². The summed E-state index contributed by atoms with van der Waals surface area (Å²) in [7, 11) is -4.37. The summed E-state index contributed by atoms with van der Waals surface area (Å²) < 4.78 is 32.9. The minimum absolute atomic E-state index is 0.0584. The summed E-state index contributed by atoms with van der Waals surface area (Å²) in [6.45, 7) is 3.80. The van der Waals surface area contributed by atoms with Crippen molar-refractivity contribution in [1.82, 2.24) is 0 Å². The highest BCUT2D eigenvalue weighted by molar-refractivity contribution is 7.47. The number of phosphoric acid groups is 1. The molecule has 1 unspecified atom stereocenters. The minimum atomic E-state index is -4.37. The van der Waals surface area contributed by atoms with Gasteiger partial charge in [-0.1, -0.05) is 245 Å². The van der Waals surface area contributed by atoms with Crippen LogP contribution in [0.5, 0.6) is 0 Å². The van der Waals surface area contributed by atoms with Gasteiger partial charge in [-0.15, -0.1) is 0 Å². The predicted molar refractivity (Wildman–Crippen MR) is 248 cm³/mol. The Morgan fingerprint density at radius 1 is 0.441 bits per heavy atom. The highest BCUT2D eigenvalue weighted by Crippen LogP contribution is 2.43. The molecule has 0 aliphatic heterocycles. The van der Waals surface area contributed by atoms with E-state index in [1.807, 2.05) is 0 Å². The summed E-state index contributed by atoms with van der Waals surface area (Å²) in [5.74, 6) is -0.806. The van der Waals surface area contributed by atoms with E-state index < -0.39 is 26.5 Å². The largest absolute Gasteiger partial charge is 0.472 e. The van der Waals surface area contributed by atoms with Gasteiger partial charge in [0.1, 0.15) is 6.61 Å². The number of rotatable bonds is 49. The molecule has 0 heterocycles. The van der Waals surface area contributed by atoms with Crippen LogP contribution in [-0.2, 0) is 32.7 Å². The molecule has 0 aromatic rings. The van der Waals surface area contributed by atoms with Crippen molar-refractivity contribution in [3.8, 4) is 0 Å². The van der Waals surface area contributed by atoms with Crippen molar-refractivity contribution in [1.29, 1.82) is 0 Å². The molecule has 9 nitrogen and oxygen atoms in total. The van der Waals surface area contributed by atoms with Crippen molar-refractivity contribution in [2.75, 3.05) is 26.4 Å². The van der Waals surface area contributed by atoms with Crippen LogP contribution in [0.3, 0.4) is 0 Å². The van der Waals surface area contributed by atoms with Gasteiger partial charge in [0.05, 0.1) is 13.2 Å². The van der Waals surface area contributed by atoms with E-state index in [0.29, 0.717) is 6.42 Å². The number of carbonyl (C=O) groups excluding carboxylic acids is 2. The maximum Gasteiger partial charge on any atom is 0.472 e. The highest BCUT2D eigenvalue weighted by Gasteiger charge is 2.26. The molecule has 0 spiro atoms. The van der Waals surface area contributed by atoms with Gasteiger partial charge in [-0.25, -0.2) is 4.57 Å². The molecule has 59 heavy (non-hydrogen) atoms. The zero-order valence-electron chi connectivity index (χ0n) is 39.0. The third-order valence-electron chi connectivity index (χ3n) is 11.5. The molecule has 0 aliphatic carbocycles. The van der Waals surface area contributed by atoms with Crippen LogP contribution in [0.15, 0.2) is 0 Å². The molecule has 2 atom stereocenters. The van der Waals surface area contributed by atoms with Crippen LogP contribution >= 0.6 is 7.82 Å². The van der Waals surface area contributed by atoms with Gasteiger partial charge >= 0.3 is 19.8 Å². The summed E-state index contributed by atoms with van der Waals surface area (Å²) in [5.41, 5.74) is 5.37. The summed E-state index contributed by atoms with van der Waals surface area (Å²) in [6, 6.07) is 0. The second kappa shape index (κ2) is 46.5. The Morgan fingerprint density at radius 2 is 0.729 bits per heavy atom. The third kappa shape index (κ3) is 46.3. The van der Waals surface area contributed by atoms with Gasteiger partial charge in [-0.05, 0) is 12.8 Å². The lowest BCUT2D eigenvalue weighted by Gasteiger charge is -2.19. The molecular formula is C49H98NO8P. The van der Waals surface area contributed by atoms with Crippen molar-refractivity contribution in [3.05, 3.63) is 0 Å². The summed E-state index contributed by atoms with van der Waals surface area (Å²) >= 11 is 0. The fourth-order valence-electron chi connectivity index (χ4n) is 7.70. The normalized spacial score (nSPS) is 13.1. The van der Waals surface area contributed by atoms with Crippen LogP contribution in [0.1, 0.15) is 271 Å². The monoisotopic (exact) mass is 860 g/mol. The topological polar surface area (TPSA) is 134 Å². The Balaban J connectivity index is 3.98. The zero-order chi connectivity index (χ0) is 43.2. The van der Waals surface area contributed by atoms with Crippen LogP contribution in [0.2, 0.25) is 0 Å². The van der Waals surface area contributed by atoms with E-state index >= 15 is 0 Å². The van der Waals surface area contributed by atoms with Crippen molar-refractivity contribution in [2.45, 2.75) is 277 Å². The number of phosphoric ester groups is 1. The number of nitrogens with two attached hydrogens (primary N) is 1. The number of hydrogen-bond acceptors (Lipinski definition) is 8. The lowest BCUT2D eigenvalue weighted by molar-refractivity contribution is -0.161. The van der Waals surface area contributed by atoms with Gasteiger partial charge in [0.2, 0.25) is 0 Å². The first-order valence-corrected chi connectivity index (χ1v) is 27.0. The average molecular weight is 860 g/mol. The van der Waals surface area contributed by atoms with E-state index in [2.05, 4.69) is 13.8 Å². The number of unbranched alkanes of at least 4 members (excludes halogenated alkanes) is 36. The molecule has 0 radical (unpaired) electrons. The maximum atomic E-state index is 12.6. The van der Waals surface area contributed by atoms with Gasteiger partial charge in [0.15, 0.2) is 6.10 Å². The molecule has 10 heteroatoms. The number of hydrogen-bond donors (Lipinski definition) is 2. The predicted octanol–water partition coefficient (Wildman–Crippen LogP) is 15.2. The van der Waals surface area contributed by atoms with Crippen LogP contribution in [0.25, 0.3) is 0 Å². The first-order valence-electron chi connectivity index (χ1n) is 25.5. The fourth-order valence-corrected chi connectivity index (χ4v) is 8.46. The fraction of sp³-hybridized carbons (Fsp3) is 0.959. The molecule has 0 bridgehead atoms. The molecule has 352 valence electrons. The lowest BCUT2D eigenvalue weighted by atomic mass is 10.0. The van der Waals surface area contributed by atoms with Crippen molar-refractivity contribution in [2.24, 2.45) is 5.73 Å². The molecule has 0 amide bonds. The second-order valence-corrected chi connectivity index (χ2v) is 18.9. The van der Waals surface area contributed by atoms with E-state index in [0.717, 1.165) is 32.1 Å². The van der Waals surface area contributed by atoms with E-state index in [4.69, 9.17) is 24.3 Å². The standard InChI is InChI=1S/C49H98NO8P/c1-3-5-7-9-11-13-15-17-19-21-22-23-24-26-27-29-31-33-35-37-39-41-48(51)55-45-47(46-57-59(53,54)56-44-43-50)58-49(52)42-40-38-36-34-32-30-28-25-20-18-16-14-12-10-8-6-4-2/h47H,3-46,50H2,1-2H3,(H,53,54)/t47-/m1/s1. The summed E-state index contributed by atoms with van der Waals surface area (Å²) in [6.07, 6.45) is 48.5. The summed E-state index contributed by atoms with van der Waals surface area (Å²) in [4.78, 5) is 35.0. The molecule has 0 rings (SSSR count). The number of carbonyl (C=O) groups is 2. The number of esters is 2. The lowest BCUT2D eigenvalue weighted by Crippen LogP contribution is -2.29. The van der Waals surface area contributed by atoms with Crippen LogP contribution in [0.4, 0.5) is 0 Å². The Hall–Kier alpha value is -0.990. The van der Waals surface area contributed by atoms with Crippen LogP contribution in [0, 0.1) is 0 Å². The minimum Gasteiger partial charge on any atom is -0.462 e. The van der Waals surface area contributed by atoms with Gasteiger partial charge in [-0.2, -0.15) is 0 Å². The molecule has 0 saturated carbocycles. The SMILES string of the molecule is CCCCCCCCCCCCCCCCCCCCCCCC(=O)OC[C@H](COP(=O)(O)OCCN)OC(=O)CCCCCCCCCCCCCCCCCCC. The Bertz CT molecular complexity index is 938. The number of ether oxygens (including phenoxy) is 2. The first kappa shape index (κ1) is 58.0. The van der Waals surface area contributed by atoms with Crippen LogP contribution in [-0.4, -0.2) is 49.3 Å². The van der Waals surface area contributed by atoms with Gasteiger partial charge in [0, 0.05) is 19.4 Å². The Labute approximate surface area is 365 Å². The zero-order valence-corrected chi connectivity index (χ0v) is 39.9. The van der Waals surface area contributed by atoms with Gasteiger partial charge in [-0.3, -0.25) is 18.6 Å². The van der Waals surface area contributed by atoms with E-state index in [1.165, 1.54) is 205 Å². The summed E-state index contributed by atoms with van der Waals surface area (Å²) in [5, 5.41) is 0. The smallest absolute Gasteiger partial charge is 0.462 e. The molecule has 0 fully saturated rings. The van der Waals surface area contributed by atoms with E-state index in [9.17, 15) is 19.0 Å². The highest BCUT2D eigenvalue weighted by atomic mass is 31.2. The first-order chi connectivity index (χ1) is 28.8. The van der Waals surface area contributed by atoms with E-state index in [-0.39, 0.29) is 38.6 Å². The Morgan fingerprint density at radius 3 is 1.03 bits per heavy atom. The molecular weight excluding hydrogens is 762 g/mol. The van der Waals surface area contributed by atoms with E-state index in [1.54, 1.807) is 0 Å². The van der Waals surface area contributed by atoms with Gasteiger partial charge in [0.25, 0.3) is 0 Å². The molecule has 0 saturated heterocycles. The van der Waals surface area contributed by atoms with Crippen molar-refractivity contribution >= 4 is 19.8 Å². The van der Waals surface area contributed by atoms with Crippen molar-refractivity contribution in [3.63, 3.8) is 0 Å². The quantitative estimate of drug-likeness (QED) is 0.0348. The molecule has 3 N–H and O–H groups in total. The maximum absolute atomic E-state index is 12.6. The van der Waals surface area contributed by atoms with Gasteiger partial charge < -0.3 is 20.1 Å². The molecule has 0 aromatic carbocycles. The second-order valence-electron chi connectivity index (χ2n) is 17.4. The Kier molecular flexibility index (Phi) is 45.7. The molecule has 0 aromatic heterocycles. The third-order valence-corrected chi connectivity index (χ3v) is 12.5. The van der Waals surface area contributed by atoms with Crippen LogP contribution < -0.4 is 5.73 Å². The average Bonchev–Trinajstić information content (AvgIpc) is 3.22. The molecule has 0 aliphatic rings.